The zero-order valence-electron chi connectivity index (χ0n) is 14.8. The Labute approximate surface area is 148 Å². The number of carbonyl (C=O) groups excluding carboxylic acids is 1. The summed E-state index contributed by atoms with van der Waals surface area (Å²) >= 11 is 0. The lowest BCUT2D eigenvalue weighted by Gasteiger charge is -2.12. The molecule has 134 valence electrons. The van der Waals surface area contributed by atoms with E-state index in [9.17, 15) is 4.79 Å². The number of aryl methyl sites for hydroxylation is 1. The molecule has 2 aromatic rings. The molecule has 2 aromatic carbocycles. The fourth-order valence-corrected chi connectivity index (χ4v) is 2.24. The predicted molar refractivity (Wildman–Crippen MR) is 97.9 cm³/mol. The number of methoxy groups -OCH3 is 1. The minimum absolute atomic E-state index is 0.310. The Hall–Kier alpha value is -2.89. The summed E-state index contributed by atoms with van der Waals surface area (Å²) in [7, 11) is 1.57. The molecule has 0 aliphatic rings. The van der Waals surface area contributed by atoms with Crippen LogP contribution in [0.25, 0.3) is 0 Å². The van der Waals surface area contributed by atoms with Crippen LogP contribution in [0.4, 0.5) is 10.5 Å². The van der Waals surface area contributed by atoms with Crippen molar-refractivity contribution in [3.63, 3.8) is 0 Å². The molecule has 25 heavy (non-hydrogen) atoms. The van der Waals surface area contributed by atoms with Gasteiger partial charge in [0.25, 0.3) is 0 Å². The lowest BCUT2D eigenvalue weighted by molar-refractivity contribution is 0.247. The molecule has 0 fully saturated rings. The van der Waals surface area contributed by atoms with Crippen LogP contribution in [0.2, 0.25) is 0 Å². The number of hydrogen-bond acceptors (Lipinski definition) is 4. The maximum atomic E-state index is 12.0. The minimum atomic E-state index is -0.310. The van der Waals surface area contributed by atoms with Crippen molar-refractivity contribution >= 4 is 11.7 Å². The first-order valence-corrected chi connectivity index (χ1v) is 8.17. The third kappa shape index (κ3) is 5.91. The summed E-state index contributed by atoms with van der Waals surface area (Å²) < 4.78 is 16.3. The van der Waals surface area contributed by atoms with Gasteiger partial charge < -0.3 is 24.8 Å². The van der Waals surface area contributed by atoms with Crippen LogP contribution in [0, 0.1) is 6.92 Å². The molecule has 0 atom stereocenters. The van der Waals surface area contributed by atoms with Gasteiger partial charge in [0.05, 0.1) is 25.9 Å². The van der Waals surface area contributed by atoms with Crippen LogP contribution in [-0.2, 0) is 0 Å². The number of hydrogen-bond donors (Lipinski definition) is 2. The Kier molecular flexibility index (Phi) is 6.95. The third-order valence-electron chi connectivity index (χ3n) is 3.38. The normalized spacial score (nSPS) is 10.0. The molecule has 0 aliphatic heterocycles. The molecule has 2 amide bonds. The predicted octanol–water partition coefficient (Wildman–Crippen LogP) is 3.60. The first kappa shape index (κ1) is 18.4. The number of benzene rings is 2. The number of urea groups is 1. The lowest BCUT2D eigenvalue weighted by atomic mass is 10.2. The van der Waals surface area contributed by atoms with E-state index in [1.165, 1.54) is 0 Å². The SMILES string of the molecule is CCOc1cccc(OCCNC(=O)Nc2cc(C)ccc2OC)c1. The van der Waals surface area contributed by atoms with Crippen molar-refractivity contribution in [1.82, 2.24) is 5.32 Å². The van der Waals surface area contributed by atoms with Gasteiger partial charge in [0, 0.05) is 6.07 Å². The summed E-state index contributed by atoms with van der Waals surface area (Å²) in [6.07, 6.45) is 0. The van der Waals surface area contributed by atoms with E-state index < -0.39 is 0 Å². The van der Waals surface area contributed by atoms with Gasteiger partial charge in [-0.1, -0.05) is 12.1 Å². The summed E-state index contributed by atoms with van der Waals surface area (Å²) in [6.45, 7) is 5.21. The van der Waals surface area contributed by atoms with Crippen LogP contribution >= 0.6 is 0 Å². The number of carbonyl (C=O) groups is 1. The average molecular weight is 344 g/mol. The Morgan fingerprint density at radius 2 is 1.84 bits per heavy atom. The molecule has 0 aromatic heterocycles. The van der Waals surface area contributed by atoms with Gasteiger partial charge in [-0.3, -0.25) is 0 Å². The van der Waals surface area contributed by atoms with E-state index in [-0.39, 0.29) is 6.03 Å². The summed E-state index contributed by atoms with van der Waals surface area (Å²) in [5, 5.41) is 5.53. The maximum Gasteiger partial charge on any atom is 0.319 e. The smallest absolute Gasteiger partial charge is 0.319 e. The van der Waals surface area contributed by atoms with E-state index in [1.807, 2.05) is 56.3 Å². The van der Waals surface area contributed by atoms with Gasteiger partial charge in [0.2, 0.25) is 0 Å². The van der Waals surface area contributed by atoms with Gasteiger partial charge in [-0.25, -0.2) is 4.79 Å². The molecule has 0 saturated carbocycles. The van der Waals surface area contributed by atoms with Gasteiger partial charge in [0.1, 0.15) is 23.9 Å². The van der Waals surface area contributed by atoms with Gasteiger partial charge in [-0.2, -0.15) is 0 Å². The molecule has 0 radical (unpaired) electrons. The second-order valence-electron chi connectivity index (χ2n) is 5.34. The molecule has 0 bridgehead atoms. The Bertz CT molecular complexity index is 704. The Morgan fingerprint density at radius 3 is 2.56 bits per heavy atom. The van der Waals surface area contributed by atoms with Crippen molar-refractivity contribution in [3.8, 4) is 17.2 Å². The van der Waals surface area contributed by atoms with Crippen molar-refractivity contribution in [2.45, 2.75) is 13.8 Å². The monoisotopic (exact) mass is 344 g/mol. The van der Waals surface area contributed by atoms with E-state index in [1.54, 1.807) is 7.11 Å². The van der Waals surface area contributed by atoms with Crippen molar-refractivity contribution in [1.29, 1.82) is 0 Å². The van der Waals surface area contributed by atoms with Crippen LogP contribution in [0.15, 0.2) is 42.5 Å². The van der Waals surface area contributed by atoms with E-state index in [0.717, 1.165) is 11.3 Å². The van der Waals surface area contributed by atoms with Crippen LogP contribution in [0.5, 0.6) is 17.2 Å². The minimum Gasteiger partial charge on any atom is -0.495 e. The number of ether oxygens (including phenoxy) is 3. The van der Waals surface area contributed by atoms with Crippen molar-refractivity contribution in [2.24, 2.45) is 0 Å². The van der Waals surface area contributed by atoms with E-state index in [4.69, 9.17) is 14.2 Å². The zero-order valence-corrected chi connectivity index (χ0v) is 14.8. The van der Waals surface area contributed by atoms with Crippen LogP contribution in [-0.4, -0.2) is 32.9 Å². The molecule has 0 heterocycles. The first-order valence-electron chi connectivity index (χ1n) is 8.17. The molecule has 0 spiro atoms. The topological polar surface area (TPSA) is 68.8 Å². The maximum absolute atomic E-state index is 12.0. The van der Waals surface area contributed by atoms with E-state index >= 15 is 0 Å². The molecular weight excluding hydrogens is 320 g/mol. The van der Waals surface area contributed by atoms with Gasteiger partial charge in [-0.15, -0.1) is 0 Å². The fraction of sp³-hybridized carbons (Fsp3) is 0.316. The van der Waals surface area contributed by atoms with Crippen LogP contribution < -0.4 is 24.8 Å². The molecule has 2 rings (SSSR count). The molecule has 6 nitrogen and oxygen atoms in total. The standard InChI is InChI=1S/C19H24N2O4/c1-4-24-15-6-5-7-16(13-15)25-11-10-20-19(22)21-17-12-14(2)8-9-18(17)23-3/h5-9,12-13H,4,10-11H2,1-3H3,(H2,20,21,22). The first-order chi connectivity index (χ1) is 12.1. The zero-order chi connectivity index (χ0) is 18.1. The highest BCUT2D eigenvalue weighted by Gasteiger charge is 2.07. The quantitative estimate of drug-likeness (QED) is 0.718. The molecular formula is C19H24N2O4. The number of amides is 2. The van der Waals surface area contributed by atoms with Gasteiger partial charge in [0.15, 0.2) is 0 Å². The second kappa shape index (κ2) is 9.42. The van der Waals surface area contributed by atoms with E-state index in [2.05, 4.69) is 10.6 Å². The molecule has 0 unspecified atom stereocenters. The second-order valence-corrected chi connectivity index (χ2v) is 5.34. The summed E-state index contributed by atoms with van der Waals surface area (Å²) in [6, 6.07) is 12.7. The fourth-order valence-electron chi connectivity index (χ4n) is 2.24. The molecule has 0 saturated heterocycles. The molecule has 2 N–H and O–H groups in total. The van der Waals surface area contributed by atoms with Gasteiger partial charge in [-0.05, 0) is 43.7 Å². The Balaban J connectivity index is 1.77. The molecule has 6 heteroatoms. The van der Waals surface area contributed by atoms with Crippen molar-refractivity contribution in [3.05, 3.63) is 48.0 Å². The summed E-state index contributed by atoms with van der Waals surface area (Å²) in [5.74, 6) is 2.08. The Morgan fingerprint density at radius 1 is 1.08 bits per heavy atom. The van der Waals surface area contributed by atoms with Crippen LogP contribution in [0.3, 0.4) is 0 Å². The highest BCUT2D eigenvalue weighted by molar-refractivity contribution is 5.91. The number of anilines is 1. The summed E-state index contributed by atoms with van der Waals surface area (Å²) in [5.41, 5.74) is 1.67. The third-order valence-corrected chi connectivity index (χ3v) is 3.38. The van der Waals surface area contributed by atoms with Gasteiger partial charge >= 0.3 is 6.03 Å². The van der Waals surface area contributed by atoms with Crippen molar-refractivity contribution in [2.75, 3.05) is 32.2 Å². The molecule has 0 aliphatic carbocycles. The lowest BCUT2D eigenvalue weighted by Crippen LogP contribution is -2.32. The number of nitrogens with one attached hydrogen (secondary N) is 2. The largest absolute Gasteiger partial charge is 0.495 e. The average Bonchev–Trinajstić information content (AvgIpc) is 2.60. The highest BCUT2D eigenvalue weighted by Crippen LogP contribution is 2.25. The van der Waals surface area contributed by atoms with Crippen molar-refractivity contribution < 1.29 is 19.0 Å². The number of rotatable bonds is 8. The van der Waals surface area contributed by atoms with Crippen LogP contribution in [0.1, 0.15) is 12.5 Å². The highest BCUT2D eigenvalue weighted by atomic mass is 16.5. The summed E-state index contributed by atoms with van der Waals surface area (Å²) in [4.78, 5) is 12.0. The van der Waals surface area contributed by atoms with E-state index in [0.29, 0.717) is 36.9 Å².